The van der Waals surface area contributed by atoms with E-state index in [2.05, 4.69) is 0 Å². The first-order valence-corrected chi connectivity index (χ1v) is 7.73. The van der Waals surface area contributed by atoms with Crippen LogP contribution in [0, 0.1) is 6.92 Å². The molecule has 100 valence electrons. The van der Waals surface area contributed by atoms with E-state index in [1.165, 1.54) is 0 Å². The largest absolute Gasteiger partial charge is 0.399 e. The first kappa shape index (κ1) is 14.4. The lowest BCUT2D eigenvalue weighted by Gasteiger charge is -2.06. The highest BCUT2D eigenvalue weighted by atomic mass is 35.5. The molecule has 0 aliphatic carbocycles. The van der Waals surface area contributed by atoms with E-state index in [-0.39, 0.29) is 0 Å². The molecule has 1 atom stereocenters. The van der Waals surface area contributed by atoms with Crippen LogP contribution in [-0.4, -0.2) is 4.21 Å². The molecule has 2 aromatic rings. The Morgan fingerprint density at radius 2 is 1.84 bits per heavy atom. The summed E-state index contributed by atoms with van der Waals surface area (Å²) in [5.74, 6) is 0.403. The first-order valence-electron chi connectivity index (χ1n) is 5.66. The van der Waals surface area contributed by atoms with Crippen LogP contribution in [0.1, 0.15) is 11.1 Å². The number of halogens is 2. The zero-order chi connectivity index (χ0) is 14.0. The first-order chi connectivity index (χ1) is 8.97. The molecular weight excluding hydrogens is 301 g/mol. The molecule has 0 aliphatic rings. The van der Waals surface area contributed by atoms with Crippen LogP contribution in [0.15, 0.2) is 41.3 Å². The van der Waals surface area contributed by atoms with Crippen LogP contribution < -0.4 is 5.73 Å². The number of anilines is 1. The molecule has 2 N–H and O–H groups in total. The number of rotatable bonds is 3. The van der Waals surface area contributed by atoms with Gasteiger partial charge in [-0.05, 0) is 48.4 Å². The standard InChI is InChI=1S/C14H13Cl2NOS/c1-9-6-11(3-5-14(9)17)19(18)8-10-2-4-12(15)13(16)7-10/h2-7H,8,17H2,1H3. The predicted molar refractivity (Wildman–Crippen MR) is 82.2 cm³/mol. The summed E-state index contributed by atoms with van der Waals surface area (Å²) in [4.78, 5) is 0.762. The number of aryl methyl sites for hydroxylation is 1. The van der Waals surface area contributed by atoms with E-state index in [1.54, 1.807) is 24.3 Å². The molecule has 0 amide bonds. The lowest BCUT2D eigenvalue weighted by molar-refractivity contribution is 0.682. The number of nitrogen functional groups attached to an aromatic ring is 1. The maximum Gasteiger partial charge on any atom is 0.0595 e. The summed E-state index contributed by atoms with van der Waals surface area (Å²) in [7, 11) is -1.13. The quantitative estimate of drug-likeness (QED) is 0.863. The Labute approximate surface area is 125 Å². The molecule has 1 unspecified atom stereocenters. The minimum atomic E-state index is -1.13. The lowest BCUT2D eigenvalue weighted by Crippen LogP contribution is -1.98. The molecular formula is C14H13Cl2NOS. The van der Waals surface area contributed by atoms with Crippen LogP contribution in [0.4, 0.5) is 5.69 Å². The Morgan fingerprint density at radius 1 is 1.11 bits per heavy atom. The van der Waals surface area contributed by atoms with Crippen molar-refractivity contribution in [2.45, 2.75) is 17.6 Å². The van der Waals surface area contributed by atoms with Gasteiger partial charge in [0.2, 0.25) is 0 Å². The summed E-state index contributed by atoms with van der Waals surface area (Å²) in [6, 6.07) is 10.7. The Bertz CT molecular complexity index is 643. The van der Waals surface area contributed by atoms with Gasteiger partial charge < -0.3 is 5.73 Å². The van der Waals surface area contributed by atoms with Crippen molar-refractivity contribution in [3.63, 3.8) is 0 Å². The SMILES string of the molecule is Cc1cc(S(=O)Cc2ccc(Cl)c(Cl)c2)ccc1N. The third-order valence-corrected chi connectivity index (χ3v) is 4.90. The Morgan fingerprint density at radius 3 is 2.47 bits per heavy atom. The molecule has 2 aromatic carbocycles. The molecule has 0 heterocycles. The van der Waals surface area contributed by atoms with Crippen LogP contribution in [0.2, 0.25) is 10.0 Å². The van der Waals surface area contributed by atoms with Gasteiger partial charge in [-0.25, -0.2) is 0 Å². The van der Waals surface area contributed by atoms with E-state index in [9.17, 15) is 4.21 Å². The van der Waals surface area contributed by atoms with E-state index in [1.807, 2.05) is 19.1 Å². The molecule has 0 aliphatic heterocycles. The number of hydrogen-bond donors (Lipinski definition) is 1. The number of benzene rings is 2. The molecule has 0 saturated heterocycles. The fourth-order valence-corrected chi connectivity index (χ4v) is 3.15. The molecule has 0 saturated carbocycles. The average molecular weight is 314 g/mol. The molecule has 0 bridgehead atoms. The summed E-state index contributed by atoms with van der Waals surface area (Å²) in [6.45, 7) is 1.90. The van der Waals surface area contributed by atoms with E-state index in [0.29, 0.717) is 21.5 Å². The smallest absolute Gasteiger partial charge is 0.0595 e. The van der Waals surface area contributed by atoms with Crippen LogP contribution in [0.25, 0.3) is 0 Å². The van der Waals surface area contributed by atoms with Gasteiger partial charge in [0.1, 0.15) is 0 Å². The average Bonchev–Trinajstić information content (AvgIpc) is 2.37. The minimum Gasteiger partial charge on any atom is -0.399 e. The monoisotopic (exact) mass is 313 g/mol. The van der Waals surface area contributed by atoms with Crippen LogP contribution in [0.3, 0.4) is 0 Å². The summed E-state index contributed by atoms with van der Waals surface area (Å²) in [6.07, 6.45) is 0. The van der Waals surface area contributed by atoms with E-state index >= 15 is 0 Å². The molecule has 0 fully saturated rings. The van der Waals surface area contributed by atoms with Crippen LogP contribution >= 0.6 is 23.2 Å². The third-order valence-electron chi connectivity index (χ3n) is 2.79. The van der Waals surface area contributed by atoms with Gasteiger partial charge in [0, 0.05) is 10.6 Å². The van der Waals surface area contributed by atoms with Crippen molar-refractivity contribution in [2.75, 3.05) is 5.73 Å². The van der Waals surface area contributed by atoms with Gasteiger partial charge in [0.25, 0.3) is 0 Å². The van der Waals surface area contributed by atoms with Crippen molar-refractivity contribution < 1.29 is 4.21 Å². The van der Waals surface area contributed by atoms with Gasteiger partial charge in [0.05, 0.1) is 26.6 Å². The Balaban J connectivity index is 2.20. The molecule has 2 nitrogen and oxygen atoms in total. The van der Waals surface area contributed by atoms with Crippen molar-refractivity contribution in [3.8, 4) is 0 Å². The summed E-state index contributed by atoms with van der Waals surface area (Å²) in [5, 5.41) is 0.976. The van der Waals surface area contributed by atoms with Gasteiger partial charge >= 0.3 is 0 Å². The van der Waals surface area contributed by atoms with Crippen molar-refractivity contribution in [3.05, 3.63) is 57.6 Å². The fourth-order valence-electron chi connectivity index (χ4n) is 1.65. The maximum atomic E-state index is 12.3. The minimum absolute atomic E-state index is 0.403. The van der Waals surface area contributed by atoms with Crippen molar-refractivity contribution >= 4 is 39.7 Å². The van der Waals surface area contributed by atoms with Gasteiger partial charge in [-0.2, -0.15) is 0 Å². The lowest BCUT2D eigenvalue weighted by atomic mass is 10.2. The normalized spacial score (nSPS) is 12.4. The molecule has 0 radical (unpaired) electrons. The fraction of sp³-hybridized carbons (Fsp3) is 0.143. The van der Waals surface area contributed by atoms with Gasteiger partial charge in [-0.3, -0.25) is 4.21 Å². The predicted octanol–water partition coefficient (Wildman–Crippen LogP) is 4.19. The second kappa shape index (κ2) is 5.95. The summed E-state index contributed by atoms with van der Waals surface area (Å²) < 4.78 is 12.3. The van der Waals surface area contributed by atoms with Crippen molar-refractivity contribution in [1.29, 1.82) is 0 Å². The zero-order valence-corrected chi connectivity index (χ0v) is 12.6. The Hall–Kier alpha value is -1.03. The molecule has 2 rings (SSSR count). The third kappa shape index (κ3) is 3.50. The van der Waals surface area contributed by atoms with E-state index in [4.69, 9.17) is 28.9 Å². The highest BCUT2D eigenvalue weighted by molar-refractivity contribution is 7.84. The molecule has 5 heteroatoms. The second-order valence-electron chi connectivity index (χ2n) is 4.26. The van der Waals surface area contributed by atoms with Crippen LogP contribution in [-0.2, 0) is 16.6 Å². The molecule has 0 spiro atoms. The topological polar surface area (TPSA) is 43.1 Å². The Kier molecular flexibility index (Phi) is 4.50. The maximum absolute atomic E-state index is 12.3. The number of hydrogen-bond acceptors (Lipinski definition) is 2. The highest BCUT2D eigenvalue weighted by Gasteiger charge is 2.08. The summed E-state index contributed by atoms with van der Waals surface area (Å²) >= 11 is 11.8. The van der Waals surface area contributed by atoms with E-state index < -0.39 is 10.8 Å². The van der Waals surface area contributed by atoms with Gasteiger partial charge in [-0.1, -0.05) is 29.3 Å². The summed E-state index contributed by atoms with van der Waals surface area (Å²) in [5.41, 5.74) is 8.27. The van der Waals surface area contributed by atoms with E-state index in [0.717, 1.165) is 16.0 Å². The second-order valence-corrected chi connectivity index (χ2v) is 6.52. The zero-order valence-electron chi connectivity index (χ0n) is 10.3. The van der Waals surface area contributed by atoms with Gasteiger partial charge in [-0.15, -0.1) is 0 Å². The molecule has 0 aromatic heterocycles. The number of nitrogens with two attached hydrogens (primary N) is 1. The van der Waals surface area contributed by atoms with Gasteiger partial charge in [0.15, 0.2) is 0 Å². The van der Waals surface area contributed by atoms with Crippen molar-refractivity contribution in [1.82, 2.24) is 0 Å². The highest BCUT2D eigenvalue weighted by Crippen LogP contribution is 2.24. The molecule has 19 heavy (non-hydrogen) atoms. The van der Waals surface area contributed by atoms with Crippen molar-refractivity contribution in [2.24, 2.45) is 0 Å². The van der Waals surface area contributed by atoms with Crippen LogP contribution in [0.5, 0.6) is 0 Å².